The Morgan fingerprint density at radius 3 is 2.62 bits per heavy atom. The van der Waals surface area contributed by atoms with Crippen LogP contribution in [0.25, 0.3) is 0 Å². The number of nitrogens with zero attached hydrogens (tertiary/aromatic N) is 2. The fourth-order valence-electron chi connectivity index (χ4n) is 4.11. The Hall–Kier alpha value is -3.52. The van der Waals surface area contributed by atoms with Gasteiger partial charge in [-0.2, -0.15) is 0 Å². The molecule has 3 amide bonds. The van der Waals surface area contributed by atoms with Gasteiger partial charge in [0.05, 0.1) is 17.7 Å². The smallest absolute Gasteiger partial charge is 0.257 e. The number of carbonyl (C=O) groups excluding carboxylic acids is 3. The number of hydrogen-bond acceptors (Lipinski definition) is 5. The van der Waals surface area contributed by atoms with Gasteiger partial charge in [0.25, 0.3) is 11.8 Å². The van der Waals surface area contributed by atoms with Crippen LogP contribution in [0.3, 0.4) is 0 Å². The van der Waals surface area contributed by atoms with Crippen LogP contribution in [0.2, 0.25) is 0 Å². The molecule has 176 valence electrons. The molecule has 0 radical (unpaired) electrons. The van der Waals surface area contributed by atoms with E-state index in [9.17, 15) is 14.4 Å². The Labute approximate surface area is 203 Å². The van der Waals surface area contributed by atoms with Gasteiger partial charge in [0.15, 0.2) is 0 Å². The van der Waals surface area contributed by atoms with Gasteiger partial charge in [-0.1, -0.05) is 12.1 Å². The summed E-state index contributed by atoms with van der Waals surface area (Å²) in [6.07, 6.45) is 6.84. The molecule has 7 nitrogen and oxygen atoms in total. The van der Waals surface area contributed by atoms with Crippen LogP contribution >= 0.6 is 11.3 Å². The summed E-state index contributed by atoms with van der Waals surface area (Å²) in [6.45, 7) is 3.85. The van der Waals surface area contributed by atoms with Crippen molar-refractivity contribution in [3.05, 3.63) is 75.4 Å². The van der Waals surface area contributed by atoms with Crippen LogP contribution in [0.4, 0.5) is 10.7 Å². The number of carbonyl (C=O) groups is 3. The lowest BCUT2D eigenvalue weighted by Gasteiger charge is -2.20. The lowest BCUT2D eigenvalue weighted by molar-refractivity contribution is -0.116. The molecule has 8 heteroatoms. The van der Waals surface area contributed by atoms with Crippen LogP contribution in [-0.4, -0.2) is 41.2 Å². The van der Waals surface area contributed by atoms with Gasteiger partial charge in [-0.05, 0) is 74.4 Å². The van der Waals surface area contributed by atoms with Crippen molar-refractivity contribution in [1.82, 2.24) is 9.88 Å². The van der Waals surface area contributed by atoms with Crippen molar-refractivity contribution in [3.63, 3.8) is 0 Å². The normalized spacial score (nSPS) is 12.6. The number of anilines is 2. The highest BCUT2D eigenvalue weighted by molar-refractivity contribution is 7.17. The van der Waals surface area contributed by atoms with Crippen LogP contribution in [-0.2, 0) is 17.6 Å². The van der Waals surface area contributed by atoms with E-state index < -0.39 is 0 Å². The van der Waals surface area contributed by atoms with Gasteiger partial charge in [-0.25, -0.2) is 0 Å². The zero-order valence-corrected chi connectivity index (χ0v) is 20.4. The molecule has 0 saturated heterocycles. The van der Waals surface area contributed by atoms with E-state index in [-0.39, 0.29) is 24.3 Å². The molecule has 34 heavy (non-hydrogen) atoms. The summed E-state index contributed by atoms with van der Waals surface area (Å²) in [5, 5.41) is 6.36. The van der Waals surface area contributed by atoms with E-state index >= 15 is 0 Å². The van der Waals surface area contributed by atoms with Crippen LogP contribution < -0.4 is 10.6 Å². The number of fused-ring (bicyclic) bond motifs is 1. The van der Waals surface area contributed by atoms with E-state index in [1.165, 1.54) is 22.4 Å². The van der Waals surface area contributed by atoms with Gasteiger partial charge in [0.2, 0.25) is 5.91 Å². The van der Waals surface area contributed by atoms with Gasteiger partial charge in [-0.3, -0.25) is 19.4 Å². The summed E-state index contributed by atoms with van der Waals surface area (Å²) in [7, 11) is 1.62. The minimum atomic E-state index is -0.309. The molecular formula is C26H28N4O3S. The lowest BCUT2D eigenvalue weighted by atomic mass is 9.95. The first-order chi connectivity index (χ1) is 16.3. The first kappa shape index (κ1) is 23.6. The minimum Gasteiger partial charge on any atom is -0.332 e. The number of rotatable bonds is 6. The largest absolute Gasteiger partial charge is 0.332 e. The van der Waals surface area contributed by atoms with Crippen LogP contribution in [0.15, 0.2) is 42.7 Å². The number of aromatic nitrogens is 1. The van der Waals surface area contributed by atoms with Gasteiger partial charge in [0.1, 0.15) is 5.00 Å². The average molecular weight is 477 g/mol. The predicted octanol–water partition coefficient (Wildman–Crippen LogP) is 4.60. The van der Waals surface area contributed by atoms with Crippen molar-refractivity contribution < 1.29 is 14.4 Å². The van der Waals surface area contributed by atoms with Gasteiger partial charge >= 0.3 is 0 Å². The molecule has 1 aliphatic carbocycles. The first-order valence-electron chi connectivity index (χ1n) is 11.3. The van der Waals surface area contributed by atoms with Crippen LogP contribution in [0.1, 0.15) is 55.1 Å². The molecule has 1 aromatic carbocycles. The lowest BCUT2D eigenvalue weighted by Crippen LogP contribution is -2.35. The van der Waals surface area contributed by atoms with Gasteiger partial charge < -0.3 is 15.5 Å². The molecule has 0 unspecified atom stereocenters. The van der Waals surface area contributed by atoms with Gasteiger partial charge in [-0.15, -0.1) is 11.3 Å². The van der Waals surface area contributed by atoms with Gasteiger partial charge in [0, 0.05) is 30.0 Å². The molecule has 0 bridgehead atoms. The van der Waals surface area contributed by atoms with E-state index in [1.807, 2.05) is 32.0 Å². The summed E-state index contributed by atoms with van der Waals surface area (Å²) < 4.78 is 0. The molecule has 2 heterocycles. The standard InChI is InChI=1S/C26H28N4O3S/c1-16-8-6-11-20(17(16)2)28-22(31)15-30(3)26(33)23-19-10-4-5-12-21(19)34-25(23)29-24(32)18-9-7-13-27-14-18/h6-9,11,13-14H,4-5,10,12,15H2,1-3H3,(H,28,31)(H,29,32). The maximum atomic E-state index is 13.5. The number of nitrogens with one attached hydrogen (secondary N) is 2. The van der Waals surface area contributed by atoms with E-state index in [0.29, 0.717) is 16.1 Å². The van der Waals surface area contributed by atoms with E-state index in [1.54, 1.807) is 25.4 Å². The highest BCUT2D eigenvalue weighted by Gasteiger charge is 2.29. The summed E-state index contributed by atoms with van der Waals surface area (Å²) >= 11 is 1.46. The Bertz CT molecular complexity index is 1240. The second kappa shape index (κ2) is 10.2. The maximum absolute atomic E-state index is 13.5. The van der Waals surface area contributed by atoms with E-state index in [2.05, 4.69) is 15.6 Å². The highest BCUT2D eigenvalue weighted by atomic mass is 32.1. The molecular weight excluding hydrogens is 448 g/mol. The third-order valence-corrected chi connectivity index (χ3v) is 7.35. The Morgan fingerprint density at radius 1 is 1.06 bits per heavy atom. The van der Waals surface area contributed by atoms with E-state index in [4.69, 9.17) is 0 Å². The number of likely N-dealkylation sites (N-methyl/N-ethyl adjacent to an activating group) is 1. The number of benzene rings is 1. The molecule has 0 saturated carbocycles. The molecule has 1 aliphatic rings. The van der Waals surface area contributed by atoms with Crippen molar-refractivity contribution in [2.75, 3.05) is 24.2 Å². The molecule has 0 aliphatic heterocycles. The van der Waals surface area contributed by atoms with Crippen molar-refractivity contribution in [3.8, 4) is 0 Å². The molecule has 4 rings (SSSR count). The fourth-order valence-corrected chi connectivity index (χ4v) is 5.38. The fraction of sp³-hybridized carbons (Fsp3) is 0.308. The average Bonchev–Trinajstić information content (AvgIpc) is 3.19. The SMILES string of the molecule is Cc1cccc(NC(=O)CN(C)C(=O)c2c(NC(=O)c3cccnc3)sc3c2CCCC3)c1C. The van der Waals surface area contributed by atoms with Crippen LogP contribution in [0, 0.1) is 13.8 Å². The number of aryl methyl sites for hydroxylation is 2. The molecule has 2 aromatic heterocycles. The molecule has 0 fully saturated rings. The molecule has 0 spiro atoms. The summed E-state index contributed by atoms with van der Waals surface area (Å²) in [6, 6.07) is 9.11. The highest BCUT2D eigenvalue weighted by Crippen LogP contribution is 2.39. The zero-order chi connectivity index (χ0) is 24.2. The number of pyridine rings is 1. The molecule has 3 aromatic rings. The topological polar surface area (TPSA) is 91.4 Å². The summed E-state index contributed by atoms with van der Waals surface area (Å²) in [4.78, 5) is 45.6. The Morgan fingerprint density at radius 2 is 1.85 bits per heavy atom. The monoisotopic (exact) mass is 476 g/mol. The Kier molecular flexibility index (Phi) is 7.07. The summed E-state index contributed by atoms with van der Waals surface area (Å²) in [5.74, 6) is -0.845. The third kappa shape index (κ3) is 5.02. The van der Waals surface area contributed by atoms with Crippen molar-refractivity contribution in [2.45, 2.75) is 39.5 Å². The van der Waals surface area contributed by atoms with Crippen molar-refractivity contribution in [2.24, 2.45) is 0 Å². The second-order valence-corrected chi connectivity index (χ2v) is 9.67. The van der Waals surface area contributed by atoms with Crippen molar-refractivity contribution in [1.29, 1.82) is 0 Å². The first-order valence-corrected chi connectivity index (χ1v) is 12.1. The number of thiophene rings is 1. The number of amides is 3. The maximum Gasteiger partial charge on any atom is 0.257 e. The molecule has 2 N–H and O–H groups in total. The summed E-state index contributed by atoms with van der Waals surface area (Å²) in [5.41, 5.74) is 4.73. The Balaban J connectivity index is 1.54. The quantitative estimate of drug-likeness (QED) is 0.544. The zero-order valence-electron chi connectivity index (χ0n) is 19.6. The minimum absolute atomic E-state index is 0.0904. The van der Waals surface area contributed by atoms with Crippen LogP contribution in [0.5, 0.6) is 0 Å². The van der Waals surface area contributed by atoms with Crippen molar-refractivity contribution >= 4 is 39.7 Å². The van der Waals surface area contributed by atoms with E-state index in [0.717, 1.165) is 52.9 Å². The second-order valence-electron chi connectivity index (χ2n) is 8.57. The molecule has 0 atom stereocenters. The number of hydrogen-bond donors (Lipinski definition) is 2. The third-order valence-electron chi connectivity index (χ3n) is 6.14. The predicted molar refractivity (Wildman–Crippen MR) is 135 cm³/mol.